The van der Waals surface area contributed by atoms with Gasteiger partial charge in [-0.25, -0.2) is 0 Å². The molecule has 0 bridgehead atoms. The number of carbonyl (C=O) groups is 3. The van der Waals surface area contributed by atoms with Gasteiger partial charge in [0.15, 0.2) is 6.10 Å². The largest absolute Gasteiger partial charge is 0.462 e. The van der Waals surface area contributed by atoms with Gasteiger partial charge in [0.2, 0.25) is 0 Å². The van der Waals surface area contributed by atoms with Crippen LogP contribution >= 0.6 is 0 Å². The molecule has 0 saturated carbocycles. The van der Waals surface area contributed by atoms with E-state index in [0.29, 0.717) is 19.3 Å². The van der Waals surface area contributed by atoms with Crippen molar-refractivity contribution in [1.29, 1.82) is 0 Å². The van der Waals surface area contributed by atoms with Crippen molar-refractivity contribution in [1.82, 2.24) is 0 Å². The zero-order valence-electron chi connectivity index (χ0n) is 50.7. The van der Waals surface area contributed by atoms with Crippen molar-refractivity contribution in [2.24, 2.45) is 0 Å². The van der Waals surface area contributed by atoms with Crippen LogP contribution in [0.5, 0.6) is 0 Å². The van der Waals surface area contributed by atoms with Crippen LogP contribution in [0, 0.1) is 0 Å². The molecule has 6 heteroatoms. The fourth-order valence-electron chi connectivity index (χ4n) is 9.14. The third-order valence-corrected chi connectivity index (χ3v) is 14.0. The number of hydrogen-bond donors (Lipinski definition) is 0. The molecular formula is C71H122O6. The molecule has 0 heterocycles. The van der Waals surface area contributed by atoms with Gasteiger partial charge in [0.1, 0.15) is 13.2 Å². The van der Waals surface area contributed by atoms with Gasteiger partial charge in [0, 0.05) is 19.3 Å². The molecule has 0 aliphatic carbocycles. The fraction of sp³-hybridized carbons (Fsp3) is 0.732. The van der Waals surface area contributed by atoms with Crippen LogP contribution in [0.4, 0.5) is 0 Å². The Morgan fingerprint density at radius 2 is 0.506 bits per heavy atom. The molecule has 0 fully saturated rings. The zero-order chi connectivity index (χ0) is 55.7. The first kappa shape index (κ1) is 73.3. The molecule has 0 aliphatic rings. The smallest absolute Gasteiger partial charge is 0.306 e. The van der Waals surface area contributed by atoms with E-state index in [0.717, 1.165) is 109 Å². The maximum absolute atomic E-state index is 12.9. The predicted octanol–water partition coefficient (Wildman–Crippen LogP) is 22.4. The first-order chi connectivity index (χ1) is 38.0. The summed E-state index contributed by atoms with van der Waals surface area (Å²) in [7, 11) is 0. The second kappa shape index (κ2) is 64.9. The van der Waals surface area contributed by atoms with Crippen LogP contribution in [0.1, 0.15) is 316 Å². The topological polar surface area (TPSA) is 78.9 Å². The summed E-state index contributed by atoms with van der Waals surface area (Å²) < 4.78 is 16.9. The molecule has 0 aliphatic heterocycles. The molecule has 0 amide bonds. The zero-order valence-corrected chi connectivity index (χ0v) is 50.7. The summed E-state index contributed by atoms with van der Waals surface area (Å²) in [6.07, 6.45) is 86.9. The predicted molar refractivity (Wildman–Crippen MR) is 334 cm³/mol. The highest BCUT2D eigenvalue weighted by Gasteiger charge is 2.19. The molecule has 0 spiro atoms. The number of unbranched alkanes of at least 4 members (excludes halogenated alkanes) is 32. The summed E-state index contributed by atoms with van der Waals surface area (Å²) in [5, 5.41) is 0. The molecule has 0 aromatic rings. The quantitative estimate of drug-likeness (QED) is 0.0261. The van der Waals surface area contributed by atoms with Crippen LogP contribution in [0.15, 0.2) is 97.2 Å². The number of ether oxygens (including phenoxy) is 3. The van der Waals surface area contributed by atoms with Crippen LogP contribution in [0.3, 0.4) is 0 Å². The molecular weight excluding hydrogens is 949 g/mol. The van der Waals surface area contributed by atoms with E-state index in [2.05, 4.69) is 118 Å². The van der Waals surface area contributed by atoms with Crippen molar-refractivity contribution in [3.8, 4) is 0 Å². The molecule has 77 heavy (non-hydrogen) atoms. The maximum atomic E-state index is 12.9. The molecule has 0 N–H and O–H groups in total. The molecule has 442 valence electrons. The molecule has 1 unspecified atom stereocenters. The molecule has 0 rings (SSSR count). The number of allylic oxidation sites excluding steroid dienone is 16. The first-order valence-corrected chi connectivity index (χ1v) is 32.7. The van der Waals surface area contributed by atoms with E-state index in [1.54, 1.807) is 0 Å². The summed E-state index contributed by atoms with van der Waals surface area (Å²) in [6.45, 7) is 6.51. The van der Waals surface area contributed by atoms with E-state index >= 15 is 0 Å². The lowest BCUT2D eigenvalue weighted by Gasteiger charge is -2.18. The van der Waals surface area contributed by atoms with Crippen LogP contribution in [-0.4, -0.2) is 37.2 Å². The number of rotatable bonds is 59. The van der Waals surface area contributed by atoms with Gasteiger partial charge in [-0.3, -0.25) is 14.4 Å². The van der Waals surface area contributed by atoms with Gasteiger partial charge in [-0.05, 0) is 122 Å². The summed E-state index contributed by atoms with van der Waals surface area (Å²) in [6, 6.07) is 0. The van der Waals surface area contributed by atoms with E-state index in [9.17, 15) is 14.4 Å². The van der Waals surface area contributed by atoms with Gasteiger partial charge >= 0.3 is 17.9 Å². The van der Waals surface area contributed by atoms with E-state index in [-0.39, 0.29) is 31.1 Å². The molecule has 0 radical (unpaired) electrons. The average Bonchev–Trinajstić information content (AvgIpc) is 3.43. The minimum Gasteiger partial charge on any atom is -0.462 e. The van der Waals surface area contributed by atoms with Gasteiger partial charge in [0.25, 0.3) is 0 Å². The SMILES string of the molecule is CC/C=C\C/C=C\C/C=C\CCCCCCCCCC(=O)OCC(COC(=O)CCCCCCCCCC/C=C\C/C=C\C/C=C\CCCCCCC)OC(=O)CCCCCCCCCCC/C=C\C/C=C\CCCCC. The Labute approximate surface area is 477 Å². The highest BCUT2D eigenvalue weighted by Crippen LogP contribution is 2.16. The van der Waals surface area contributed by atoms with Crippen LogP contribution < -0.4 is 0 Å². The van der Waals surface area contributed by atoms with E-state index < -0.39 is 6.10 Å². The van der Waals surface area contributed by atoms with Gasteiger partial charge in [-0.1, -0.05) is 272 Å². The lowest BCUT2D eigenvalue weighted by molar-refractivity contribution is -0.167. The molecule has 1 atom stereocenters. The highest BCUT2D eigenvalue weighted by molar-refractivity contribution is 5.71. The average molecular weight is 1070 g/mol. The maximum Gasteiger partial charge on any atom is 0.306 e. The Morgan fingerprint density at radius 1 is 0.273 bits per heavy atom. The van der Waals surface area contributed by atoms with Gasteiger partial charge < -0.3 is 14.2 Å². The van der Waals surface area contributed by atoms with Gasteiger partial charge in [0.05, 0.1) is 0 Å². The lowest BCUT2D eigenvalue weighted by Crippen LogP contribution is -2.30. The molecule has 0 saturated heterocycles. The van der Waals surface area contributed by atoms with Crippen molar-refractivity contribution in [3.63, 3.8) is 0 Å². The Hall–Kier alpha value is -3.67. The Kier molecular flexibility index (Phi) is 61.8. The minimum atomic E-state index is -0.790. The molecule has 6 nitrogen and oxygen atoms in total. The van der Waals surface area contributed by atoms with E-state index in [4.69, 9.17) is 14.2 Å². The standard InChI is InChI=1S/C71H122O6/c1-4-7-10-13-16-19-22-25-28-31-33-34-35-36-38-40-43-46-49-52-55-58-61-64-70(73)76-67-68(66-75-69(72)63-60-57-54-51-48-45-42-39-30-27-24-21-18-15-12-9-6-3)77-71(74)65-62-59-56-53-50-47-44-41-37-32-29-26-23-20-17-14-11-8-5-2/h9,12,17-18,20-22,25-27,29-31,33,35-36,68H,4-8,10-11,13-16,19,23-24,28,32,34,37-67H2,1-3H3/b12-9-,20-17-,21-18-,25-22-,29-26-,30-27-,33-31-,36-35-. The summed E-state index contributed by atoms with van der Waals surface area (Å²) in [4.78, 5) is 38.4. The van der Waals surface area contributed by atoms with Crippen molar-refractivity contribution in [2.45, 2.75) is 322 Å². The second-order valence-corrected chi connectivity index (χ2v) is 21.6. The lowest BCUT2D eigenvalue weighted by atomic mass is 10.1. The minimum absolute atomic E-state index is 0.0860. The van der Waals surface area contributed by atoms with Crippen molar-refractivity contribution >= 4 is 17.9 Å². The van der Waals surface area contributed by atoms with Crippen LogP contribution in [0.25, 0.3) is 0 Å². The number of esters is 3. The van der Waals surface area contributed by atoms with Crippen molar-refractivity contribution in [3.05, 3.63) is 97.2 Å². The molecule has 0 aromatic carbocycles. The highest BCUT2D eigenvalue weighted by atomic mass is 16.6. The summed E-state index contributed by atoms with van der Waals surface area (Å²) in [5.41, 5.74) is 0. The van der Waals surface area contributed by atoms with E-state index in [1.807, 2.05) is 0 Å². The van der Waals surface area contributed by atoms with Crippen molar-refractivity contribution in [2.75, 3.05) is 13.2 Å². The van der Waals surface area contributed by atoms with Crippen molar-refractivity contribution < 1.29 is 28.6 Å². The summed E-state index contributed by atoms with van der Waals surface area (Å²) in [5.74, 6) is -0.896. The van der Waals surface area contributed by atoms with Crippen LogP contribution in [-0.2, 0) is 28.6 Å². The Morgan fingerprint density at radius 3 is 0.818 bits per heavy atom. The number of hydrogen-bond acceptors (Lipinski definition) is 6. The molecule has 0 aromatic heterocycles. The normalized spacial score (nSPS) is 12.7. The Balaban J connectivity index is 4.40. The first-order valence-electron chi connectivity index (χ1n) is 32.7. The Bertz CT molecular complexity index is 1510. The number of carbonyl (C=O) groups excluding carboxylic acids is 3. The summed E-state index contributed by atoms with van der Waals surface area (Å²) >= 11 is 0. The monoisotopic (exact) mass is 1070 g/mol. The van der Waals surface area contributed by atoms with Gasteiger partial charge in [-0.2, -0.15) is 0 Å². The third-order valence-electron chi connectivity index (χ3n) is 14.0. The second-order valence-electron chi connectivity index (χ2n) is 21.6. The van der Waals surface area contributed by atoms with E-state index in [1.165, 1.54) is 167 Å². The fourth-order valence-corrected chi connectivity index (χ4v) is 9.14. The third kappa shape index (κ3) is 63.0. The van der Waals surface area contributed by atoms with Gasteiger partial charge in [-0.15, -0.1) is 0 Å². The van der Waals surface area contributed by atoms with Crippen LogP contribution in [0.2, 0.25) is 0 Å².